The van der Waals surface area contributed by atoms with E-state index in [0.717, 1.165) is 5.52 Å². The highest BCUT2D eigenvalue weighted by molar-refractivity contribution is 6.02. The van der Waals surface area contributed by atoms with Crippen molar-refractivity contribution in [1.29, 1.82) is 0 Å². The van der Waals surface area contributed by atoms with E-state index in [0.29, 0.717) is 16.7 Å². The Balaban J connectivity index is 2.82. The molecule has 1 aromatic carbocycles. The highest BCUT2D eigenvalue weighted by Crippen LogP contribution is 2.37. The van der Waals surface area contributed by atoms with Crippen LogP contribution in [0.1, 0.15) is 29.9 Å². The van der Waals surface area contributed by atoms with Gasteiger partial charge in [-0.2, -0.15) is 0 Å². The van der Waals surface area contributed by atoms with Gasteiger partial charge in [-0.15, -0.1) is 0 Å². The maximum atomic E-state index is 11.7. The molecule has 5 heteroatoms. The van der Waals surface area contributed by atoms with Gasteiger partial charge in [-0.05, 0) is 25.5 Å². The van der Waals surface area contributed by atoms with Crippen molar-refractivity contribution >= 4 is 16.9 Å². The van der Waals surface area contributed by atoms with Gasteiger partial charge in [-0.1, -0.05) is 12.1 Å². The zero-order valence-corrected chi connectivity index (χ0v) is 11.4. The molecule has 102 valence electrons. The molecule has 0 aliphatic carbocycles. The lowest BCUT2D eigenvalue weighted by Gasteiger charge is -2.19. The first-order valence-corrected chi connectivity index (χ1v) is 5.90. The van der Waals surface area contributed by atoms with Gasteiger partial charge in [0.1, 0.15) is 0 Å². The highest BCUT2D eigenvalue weighted by atomic mass is 16.5. The SMILES string of the molecule is COC(=O)c1[nH]c2cccc(C(C)(C)O)c2c1OC. The number of carbonyl (C=O) groups is 1. The fourth-order valence-electron chi connectivity index (χ4n) is 2.18. The number of nitrogens with one attached hydrogen (secondary N) is 1. The number of methoxy groups -OCH3 is 2. The third kappa shape index (κ3) is 2.17. The van der Waals surface area contributed by atoms with Gasteiger partial charge in [-0.3, -0.25) is 0 Å². The number of ether oxygens (including phenoxy) is 2. The van der Waals surface area contributed by atoms with Crippen molar-refractivity contribution in [3.05, 3.63) is 29.5 Å². The number of hydrogen-bond donors (Lipinski definition) is 2. The number of aromatic nitrogens is 1. The molecule has 2 rings (SSSR count). The molecule has 5 nitrogen and oxygen atoms in total. The van der Waals surface area contributed by atoms with Gasteiger partial charge in [0, 0.05) is 5.39 Å². The van der Waals surface area contributed by atoms with Crippen LogP contribution in [0.15, 0.2) is 18.2 Å². The first kappa shape index (κ1) is 13.4. The molecule has 0 saturated heterocycles. The number of fused-ring (bicyclic) bond motifs is 1. The van der Waals surface area contributed by atoms with E-state index in [4.69, 9.17) is 9.47 Å². The largest absolute Gasteiger partial charge is 0.494 e. The average Bonchev–Trinajstić information content (AvgIpc) is 2.74. The van der Waals surface area contributed by atoms with Crippen LogP contribution in [0.2, 0.25) is 0 Å². The molecule has 0 fully saturated rings. The van der Waals surface area contributed by atoms with Gasteiger partial charge in [0.05, 0.1) is 25.3 Å². The van der Waals surface area contributed by atoms with Crippen LogP contribution in [0.3, 0.4) is 0 Å². The normalized spacial score (nSPS) is 11.6. The Morgan fingerprint density at radius 1 is 1.32 bits per heavy atom. The van der Waals surface area contributed by atoms with Crippen molar-refractivity contribution in [2.75, 3.05) is 14.2 Å². The molecule has 2 N–H and O–H groups in total. The number of H-pyrrole nitrogens is 1. The zero-order valence-electron chi connectivity index (χ0n) is 11.4. The maximum Gasteiger partial charge on any atom is 0.358 e. The van der Waals surface area contributed by atoms with Crippen molar-refractivity contribution in [2.24, 2.45) is 0 Å². The lowest BCUT2D eigenvalue weighted by Crippen LogP contribution is -2.15. The minimum Gasteiger partial charge on any atom is -0.494 e. The number of rotatable bonds is 3. The average molecular weight is 263 g/mol. The molecular formula is C14H17NO4. The Kier molecular flexibility index (Phi) is 3.24. The van der Waals surface area contributed by atoms with Gasteiger partial charge in [-0.25, -0.2) is 4.79 Å². The van der Waals surface area contributed by atoms with Crippen molar-refractivity contribution in [2.45, 2.75) is 19.4 Å². The fourth-order valence-corrected chi connectivity index (χ4v) is 2.18. The highest BCUT2D eigenvalue weighted by Gasteiger charge is 2.26. The van der Waals surface area contributed by atoms with Crippen LogP contribution in [0.25, 0.3) is 10.9 Å². The lowest BCUT2D eigenvalue weighted by atomic mass is 9.94. The number of benzene rings is 1. The second-order valence-electron chi connectivity index (χ2n) is 4.81. The molecule has 2 aromatic rings. The number of hydrogen-bond acceptors (Lipinski definition) is 4. The van der Waals surface area contributed by atoms with Gasteiger partial charge >= 0.3 is 5.97 Å². The number of carbonyl (C=O) groups excluding carboxylic acids is 1. The van der Waals surface area contributed by atoms with Gasteiger partial charge < -0.3 is 19.6 Å². The smallest absolute Gasteiger partial charge is 0.358 e. The Labute approximate surface area is 111 Å². The fraction of sp³-hybridized carbons (Fsp3) is 0.357. The number of aromatic amines is 1. The van der Waals surface area contributed by atoms with Gasteiger partial charge in [0.2, 0.25) is 0 Å². The molecule has 0 saturated carbocycles. The van der Waals surface area contributed by atoms with Crippen LogP contribution in [-0.4, -0.2) is 30.3 Å². The lowest BCUT2D eigenvalue weighted by molar-refractivity contribution is 0.0590. The van der Waals surface area contributed by atoms with Crippen LogP contribution in [-0.2, 0) is 10.3 Å². The van der Waals surface area contributed by atoms with E-state index in [-0.39, 0.29) is 5.69 Å². The summed E-state index contributed by atoms with van der Waals surface area (Å²) in [4.78, 5) is 14.7. The summed E-state index contributed by atoms with van der Waals surface area (Å²) in [6.45, 7) is 3.37. The van der Waals surface area contributed by atoms with Crippen LogP contribution < -0.4 is 4.74 Å². The Morgan fingerprint density at radius 2 is 2.00 bits per heavy atom. The molecule has 19 heavy (non-hydrogen) atoms. The summed E-state index contributed by atoms with van der Waals surface area (Å²) in [5.41, 5.74) is 0.615. The number of aliphatic hydroxyl groups is 1. The predicted molar refractivity (Wildman–Crippen MR) is 71.4 cm³/mol. The summed E-state index contributed by atoms with van der Waals surface area (Å²) in [6.07, 6.45) is 0. The molecule has 0 unspecified atom stereocenters. The quantitative estimate of drug-likeness (QED) is 0.833. The molecule has 0 spiro atoms. The Bertz CT molecular complexity index is 622. The molecule has 1 aromatic heterocycles. The summed E-state index contributed by atoms with van der Waals surface area (Å²) in [5.74, 6) is -0.116. The third-order valence-corrected chi connectivity index (χ3v) is 3.03. The Hall–Kier alpha value is -2.01. The first-order valence-electron chi connectivity index (χ1n) is 5.90. The molecular weight excluding hydrogens is 246 g/mol. The third-order valence-electron chi connectivity index (χ3n) is 3.03. The number of esters is 1. The van der Waals surface area contributed by atoms with Crippen molar-refractivity contribution < 1.29 is 19.4 Å². The van der Waals surface area contributed by atoms with E-state index in [1.807, 2.05) is 12.1 Å². The molecule has 0 amide bonds. The van der Waals surface area contributed by atoms with E-state index in [2.05, 4.69) is 4.98 Å². The van der Waals surface area contributed by atoms with Gasteiger partial charge in [0.15, 0.2) is 11.4 Å². The molecule has 0 radical (unpaired) electrons. The minimum atomic E-state index is -1.04. The van der Waals surface area contributed by atoms with E-state index >= 15 is 0 Å². The summed E-state index contributed by atoms with van der Waals surface area (Å²) in [7, 11) is 2.79. The van der Waals surface area contributed by atoms with Crippen molar-refractivity contribution in [3.8, 4) is 5.75 Å². The van der Waals surface area contributed by atoms with E-state index in [1.165, 1.54) is 14.2 Å². The second kappa shape index (κ2) is 4.59. The molecule has 1 heterocycles. The summed E-state index contributed by atoms with van der Waals surface area (Å²) in [5, 5.41) is 10.9. The standard InChI is InChI=1S/C14H17NO4/c1-14(2,17)8-6-5-7-9-10(8)12(18-3)11(15-9)13(16)19-4/h5-7,15,17H,1-4H3. The van der Waals surface area contributed by atoms with E-state index in [1.54, 1.807) is 19.9 Å². The Morgan fingerprint density at radius 3 is 2.53 bits per heavy atom. The summed E-state index contributed by atoms with van der Waals surface area (Å²) in [6, 6.07) is 5.44. The zero-order chi connectivity index (χ0) is 14.2. The molecule has 0 aliphatic rings. The van der Waals surface area contributed by atoms with Gasteiger partial charge in [0.25, 0.3) is 0 Å². The summed E-state index contributed by atoms with van der Waals surface area (Å²) >= 11 is 0. The summed E-state index contributed by atoms with van der Waals surface area (Å²) < 4.78 is 10.0. The second-order valence-corrected chi connectivity index (χ2v) is 4.81. The molecule has 0 bridgehead atoms. The van der Waals surface area contributed by atoms with E-state index in [9.17, 15) is 9.90 Å². The monoisotopic (exact) mass is 263 g/mol. The topological polar surface area (TPSA) is 71.6 Å². The van der Waals surface area contributed by atoms with Crippen LogP contribution in [0, 0.1) is 0 Å². The van der Waals surface area contributed by atoms with Crippen LogP contribution >= 0.6 is 0 Å². The first-order chi connectivity index (χ1) is 8.90. The molecule has 0 aliphatic heterocycles. The van der Waals surface area contributed by atoms with Crippen molar-refractivity contribution in [1.82, 2.24) is 4.98 Å². The van der Waals surface area contributed by atoms with Crippen molar-refractivity contribution in [3.63, 3.8) is 0 Å². The maximum absolute atomic E-state index is 11.7. The molecule has 0 atom stereocenters. The predicted octanol–water partition coefficient (Wildman–Crippen LogP) is 2.19. The van der Waals surface area contributed by atoms with Crippen LogP contribution in [0.4, 0.5) is 0 Å². The van der Waals surface area contributed by atoms with E-state index < -0.39 is 11.6 Å². The minimum absolute atomic E-state index is 0.247. The van der Waals surface area contributed by atoms with Crippen LogP contribution in [0.5, 0.6) is 5.75 Å².